The Bertz CT molecular complexity index is 685. The highest BCUT2D eigenvalue weighted by Gasteiger charge is 2.42. The van der Waals surface area contributed by atoms with Crippen LogP contribution in [0.5, 0.6) is 5.75 Å². The lowest BCUT2D eigenvalue weighted by molar-refractivity contribution is -0.132. The third-order valence-electron chi connectivity index (χ3n) is 3.34. The van der Waals surface area contributed by atoms with Gasteiger partial charge in [-0.1, -0.05) is 5.16 Å². The summed E-state index contributed by atoms with van der Waals surface area (Å²) in [4.78, 5) is 11.6. The lowest BCUT2D eigenvalue weighted by Crippen LogP contribution is -2.44. The number of oxime groups is 1. The molecule has 1 aliphatic rings. The molecule has 120 valence electrons. The summed E-state index contributed by atoms with van der Waals surface area (Å²) in [5.41, 5.74) is 1.55. The summed E-state index contributed by atoms with van der Waals surface area (Å²) in [6.45, 7) is -0.233. The van der Waals surface area contributed by atoms with E-state index < -0.39 is 22.0 Å². The number of nitrogens with one attached hydrogen (secondary N) is 1. The Morgan fingerprint density at radius 3 is 2.55 bits per heavy atom. The molecule has 1 atom stereocenters. The van der Waals surface area contributed by atoms with Gasteiger partial charge in [-0.25, -0.2) is 13.9 Å². The van der Waals surface area contributed by atoms with Crippen LogP contribution in [0.15, 0.2) is 34.3 Å². The highest BCUT2D eigenvalue weighted by atomic mass is 32.2. The van der Waals surface area contributed by atoms with Gasteiger partial charge in [0.05, 0.1) is 24.3 Å². The first kappa shape index (κ1) is 16.2. The molecule has 10 heteroatoms. The van der Waals surface area contributed by atoms with Gasteiger partial charge in [0.15, 0.2) is 0 Å². The zero-order valence-electron chi connectivity index (χ0n) is 11.6. The van der Waals surface area contributed by atoms with Crippen molar-refractivity contribution in [3.8, 4) is 5.75 Å². The van der Waals surface area contributed by atoms with Crippen molar-refractivity contribution in [3.63, 3.8) is 0 Å². The van der Waals surface area contributed by atoms with Gasteiger partial charge in [0.1, 0.15) is 11.8 Å². The molecule has 0 radical (unpaired) electrons. The Kier molecular flexibility index (Phi) is 4.64. The van der Waals surface area contributed by atoms with E-state index >= 15 is 0 Å². The van der Waals surface area contributed by atoms with E-state index in [4.69, 9.17) is 15.2 Å². The number of hydrogen-bond donors (Lipinski definition) is 3. The standard InChI is InChI=1S/C12H15N3O6S/c1-21-9-2-4-10(5-3-9)22(19,20)15-7-8(13-17)6-11(15)12(16)14-18/h2-5,11,17-18H,6-7H2,1H3,(H,14,16)/b13-8+/t11-/m1/s1. The van der Waals surface area contributed by atoms with Crippen molar-refractivity contribution in [1.29, 1.82) is 0 Å². The van der Waals surface area contributed by atoms with Gasteiger partial charge in [-0.3, -0.25) is 10.0 Å². The monoisotopic (exact) mass is 329 g/mol. The van der Waals surface area contributed by atoms with Crippen molar-refractivity contribution in [1.82, 2.24) is 9.79 Å². The first-order valence-corrected chi connectivity index (χ1v) is 7.67. The molecule has 1 saturated heterocycles. The molecular weight excluding hydrogens is 314 g/mol. The van der Waals surface area contributed by atoms with Gasteiger partial charge in [-0.2, -0.15) is 4.31 Å². The van der Waals surface area contributed by atoms with Crippen LogP contribution in [-0.4, -0.2) is 54.5 Å². The molecule has 9 nitrogen and oxygen atoms in total. The molecule has 2 rings (SSSR count). The molecule has 0 aromatic heterocycles. The number of ether oxygens (including phenoxy) is 1. The first-order chi connectivity index (χ1) is 10.4. The van der Waals surface area contributed by atoms with Gasteiger partial charge in [0, 0.05) is 6.42 Å². The molecule has 0 saturated carbocycles. The van der Waals surface area contributed by atoms with Crippen LogP contribution >= 0.6 is 0 Å². The number of amides is 1. The second-order valence-electron chi connectivity index (χ2n) is 4.59. The van der Waals surface area contributed by atoms with Gasteiger partial charge in [-0.05, 0) is 24.3 Å². The minimum absolute atomic E-state index is 0.0387. The molecule has 1 amide bonds. The van der Waals surface area contributed by atoms with Crippen molar-refractivity contribution in [2.75, 3.05) is 13.7 Å². The minimum atomic E-state index is -4.00. The van der Waals surface area contributed by atoms with Gasteiger partial charge in [-0.15, -0.1) is 0 Å². The van der Waals surface area contributed by atoms with Gasteiger partial charge in [0.25, 0.3) is 5.91 Å². The van der Waals surface area contributed by atoms with Crippen LogP contribution in [-0.2, 0) is 14.8 Å². The largest absolute Gasteiger partial charge is 0.497 e. The Labute approximate surface area is 126 Å². The third kappa shape index (κ3) is 2.89. The van der Waals surface area contributed by atoms with Crippen molar-refractivity contribution in [2.24, 2.45) is 5.16 Å². The minimum Gasteiger partial charge on any atom is -0.497 e. The fraction of sp³-hybridized carbons (Fsp3) is 0.333. The average molecular weight is 329 g/mol. The molecule has 1 aromatic rings. The topological polar surface area (TPSA) is 129 Å². The number of nitrogens with zero attached hydrogens (tertiary/aromatic N) is 2. The highest BCUT2D eigenvalue weighted by molar-refractivity contribution is 7.89. The summed E-state index contributed by atoms with van der Waals surface area (Å²) < 4.78 is 31.1. The van der Waals surface area contributed by atoms with E-state index in [1.807, 2.05) is 0 Å². The number of rotatable bonds is 4. The number of methoxy groups -OCH3 is 1. The van der Waals surface area contributed by atoms with Crippen LogP contribution in [0.25, 0.3) is 0 Å². The van der Waals surface area contributed by atoms with Gasteiger partial charge >= 0.3 is 0 Å². The number of benzene rings is 1. The number of carbonyl (C=O) groups is 1. The Balaban J connectivity index is 2.39. The summed E-state index contributed by atoms with van der Waals surface area (Å²) in [6.07, 6.45) is -0.0989. The van der Waals surface area contributed by atoms with Crippen LogP contribution < -0.4 is 10.2 Å². The van der Waals surface area contributed by atoms with Gasteiger partial charge in [0.2, 0.25) is 10.0 Å². The van der Waals surface area contributed by atoms with E-state index in [0.717, 1.165) is 4.31 Å². The number of hydrogen-bond acceptors (Lipinski definition) is 7. The summed E-state index contributed by atoms with van der Waals surface area (Å²) in [6, 6.07) is 4.46. The maximum atomic E-state index is 12.6. The zero-order chi connectivity index (χ0) is 16.3. The predicted molar refractivity (Wildman–Crippen MR) is 74.4 cm³/mol. The average Bonchev–Trinajstić information content (AvgIpc) is 2.99. The van der Waals surface area contributed by atoms with E-state index in [9.17, 15) is 13.2 Å². The predicted octanol–water partition coefficient (Wildman–Crippen LogP) is -0.206. The molecule has 3 N–H and O–H groups in total. The van der Waals surface area contributed by atoms with Crippen LogP contribution in [0.2, 0.25) is 0 Å². The molecule has 0 aliphatic carbocycles. The second kappa shape index (κ2) is 6.30. The van der Waals surface area contributed by atoms with Crippen LogP contribution in [0, 0.1) is 0 Å². The normalized spacial score (nSPS) is 21.0. The lowest BCUT2D eigenvalue weighted by atomic mass is 10.2. The Morgan fingerprint density at radius 2 is 2.05 bits per heavy atom. The summed E-state index contributed by atoms with van der Waals surface area (Å²) in [7, 11) is -2.54. The van der Waals surface area contributed by atoms with Crippen molar-refractivity contribution in [3.05, 3.63) is 24.3 Å². The molecule has 1 aromatic carbocycles. The third-order valence-corrected chi connectivity index (χ3v) is 5.20. The number of carbonyl (C=O) groups excluding carboxylic acids is 1. The van der Waals surface area contributed by atoms with E-state index in [2.05, 4.69) is 5.16 Å². The summed E-state index contributed by atoms with van der Waals surface area (Å²) in [5.74, 6) is -0.404. The SMILES string of the molecule is COc1ccc(S(=O)(=O)N2C/C(=N/O)C[C@@H]2C(=O)NO)cc1. The van der Waals surface area contributed by atoms with Crippen LogP contribution in [0.3, 0.4) is 0 Å². The molecule has 1 heterocycles. The number of sulfonamides is 1. The maximum Gasteiger partial charge on any atom is 0.262 e. The fourth-order valence-corrected chi connectivity index (χ4v) is 3.76. The summed E-state index contributed by atoms with van der Waals surface area (Å²) in [5, 5.41) is 20.5. The molecule has 22 heavy (non-hydrogen) atoms. The first-order valence-electron chi connectivity index (χ1n) is 6.23. The summed E-state index contributed by atoms with van der Waals surface area (Å²) >= 11 is 0. The van der Waals surface area contributed by atoms with Gasteiger partial charge < -0.3 is 9.94 Å². The molecule has 1 aliphatic heterocycles. The Hall–Kier alpha value is -2.17. The Morgan fingerprint density at radius 1 is 1.41 bits per heavy atom. The quantitative estimate of drug-likeness (QED) is 0.398. The fourth-order valence-electron chi connectivity index (χ4n) is 2.19. The molecule has 0 bridgehead atoms. The highest BCUT2D eigenvalue weighted by Crippen LogP contribution is 2.26. The second-order valence-corrected chi connectivity index (χ2v) is 6.48. The van der Waals surface area contributed by atoms with Crippen molar-refractivity contribution < 1.29 is 28.4 Å². The van der Waals surface area contributed by atoms with Crippen LogP contribution in [0.4, 0.5) is 0 Å². The van der Waals surface area contributed by atoms with E-state index in [-0.39, 0.29) is 23.6 Å². The van der Waals surface area contributed by atoms with E-state index in [1.165, 1.54) is 36.9 Å². The van der Waals surface area contributed by atoms with E-state index in [1.54, 1.807) is 0 Å². The van der Waals surface area contributed by atoms with E-state index in [0.29, 0.717) is 5.75 Å². The zero-order valence-corrected chi connectivity index (χ0v) is 12.4. The molecular formula is C12H15N3O6S. The smallest absolute Gasteiger partial charge is 0.262 e. The van der Waals surface area contributed by atoms with Crippen molar-refractivity contribution in [2.45, 2.75) is 17.4 Å². The van der Waals surface area contributed by atoms with Crippen LogP contribution in [0.1, 0.15) is 6.42 Å². The molecule has 1 fully saturated rings. The molecule has 0 spiro atoms. The number of hydroxylamine groups is 1. The molecule has 0 unspecified atom stereocenters. The maximum absolute atomic E-state index is 12.6. The van der Waals surface area contributed by atoms with Crippen molar-refractivity contribution >= 4 is 21.6 Å². The lowest BCUT2D eigenvalue weighted by Gasteiger charge is -2.21.